The molecule has 0 aromatic heterocycles. The third-order valence-electron chi connectivity index (χ3n) is 4.17. The lowest BCUT2D eigenvalue weighted by Crippen LogP contribution is -2.43. The van der Waals surface area contributed by atoms with E-state index in [0.29, 0.717) is 25.4 Å². The summed E-state index contributed by atoms with van der Waals surface area (Å²) in [5.41, 5.74) is -0.125. The van der Waals surface area contributed by atoms with Gasteiger partial charge < -0.3 is 14.8 Å². The summed E-state index contributed by atoms with van der Waals surface area (Å²) >= 11 is 0. The number of carbonyl (C=O) groups excluding carboxylic acids is 2. The molecule has 1 N–H and O–H groups in total. The molecule has 2 rings (SSSR count). The zero-order chi connectivity index (χ0) is 19.1. The number of nitrogens with zero attached hydrogens (tertiary/aromatic N) is 2. The zero-order valence-corrected chi connectivity index (χ0v) is 14.9. The van der Waals surface area contributed by atoms with E-state index in [-0.39, 0.29) is 35.7 Å². The molecule has 0 unspecified atom stereocenters. The summed E-state index contributed by atoms with van der Waals surface area (Å²) in [5.74, 6) is -0.527. The number of methoxy groups -OCH3 is 1. The molecule has 9 nitrogen and oxygen atoms in total. The highest BCUT2D eigenvalue weighted by Crippen LogP contribution is 2.29. The molecule has 1 atom stereocenters. The van der Waals surface area contributed by atoms with Crippen LogP contribution in [0.3, 0.4) is 0 Å². The number of piperidine rings is 1. The van der Waals surface area contributed by atoms with Crippen molar-refractivity contribution in [2.45, 2.75) is 19.8 Å². The van der Waals surface area contributed by atoms with E-state index in [1.165, 1.54) is 19.2 Å². The number of carbonyl (C=O) groups is 2. The summed E-state index contributed by atoms with van der Waals surface area (Å²) in [6.45, 7) is 3.27. The van der Waals surface area contributed by atoms with Gasteiger partial charge in [-0.2, -0.15) is 0 Å². The quantitative estimate of drug-likeness (QED) is 0.446. The van der Waals surface area contributed by atoms with Crippen molar-refractivity contribution in [3.63, 3.8) is 0 Å². The average Bonchev–Trinajstić information content (AvgIpc) is 2.62. The molecule has 1 aliphatic heterocycles. The van der Waals surface area contributed by atoms with Crippen molar-refractivity contribution in [1.29, 1.82) is 0 Å². The van der Waals surface area contributed by atoms with Crippen molar-refractivity contribution in [3.05, 3.63) is 28.3 Å². The molecule has 1 aliphatic rings. The van der Waals surface area contributed by atoms with Gasteiger partial charge in [-0.05, 0) is 38.4 Å². The van der Waals surface area contributed by atoms with Crippen LogP contribution in [-0.4, -0.2) is 55.1 Å². The zero-order valence-electron chi connectivity index (χ0n) is 14.9. The molecule has 142 valence electrons. The highest BCUT2D eigenvalue weighted by Gasteiger charge is 2.28. The number of anilines is 1. The van der Waals surface area contributed by atoms with Crippen molar-refractivity contribution in [2.75, 3.05) is 38.7 Å². The van der Waals surface area contributed by atoms with Crippen LogP contribution in [0, 0.1) is 16.0 Å². The first kappa shape index (κ1) is 19.6. The fraction of sp³-hybridized carbons (Fsp3) is 0.529. The standard InChI is InChI=1S/C17H23N3O6/c1-3-26-17(22)12-5-4-8-19(10-12)11-16(21)18-14-7-6-13(25-2)9-15(14)20(23)24/h6-7,9,12H,3-5,8,10-11H2,1-2H3,(H,18,21)/t12-/m0/s1. The van der Waals surface area contributed by atoms with Crippen molar-refractivity contribution in [2.24, 2.45) is 5.92 Å². The minimum atomic E-state index is -0.574. The van der Waals surface area contributed by atoms with E-state index in [0.717, 1.165) is 12.8 Å². The third-order valence-corrected chi connectivity index (χ3v) is 4.17. The number of likely N-dealkylation sites (tertiary alicyclic amines) is 1. The second kappa shape index (κ2) is 9.14. The van der Waals surface area contributed by atoms with Crippen LogP contribution in [0.1, 0.15) is 19.8 Å². The SMILES string of the molecule is CCOC(=O)[C@H]1CCCN(CC(=O)Nc2ccc(OC)cc2[N+](=O)[O-])C1. The topological polar surface area (TPSA) is 111 Å². The van der Waals surface area contributed by atoms with E-state index >= 15 is 0 Å². The van der Waals surface area contributed by atoms with E-state index < -0.39 is 4.92 Å². The van der Waals surface area contributed by atoms with Gasteiger partial charge in [-0.25, -0.2) is 0 Å². The minimum absolute atomic E-state index is 0.0547. The Labute approximate surface area is 151 Å². The number of rotatable bonds is 7. The Morgan fingerprint density at radius 3 is 2.85 bits per heavy atom. The molecule has 0 spiro atoms. The summed E-state index contributed by atoms with van der Waals surface area (Å²) in [6, 6.07) is 4.24. The molecule has 9 heteroatoms. The maximum absolute atomic E-state index is 12.3. The molecule has 1 amide bonds. The van der Waals surface area contributed by atoms with Crippen LogP contribution in [0.15, 0.2) is 18.2 Å². The number of nitrogens with one attached hydrogen (secondary N) is 1. The van der Waals surface area contributed by atoms with Gasteiger partial charge in [0, 0.05) is 6.54 Å². The summed E-state index contributed by atoms with van der Waals surface area (Å²) in [4.78, 5) is 36.6. The monoisotopic (exact) mass is 365 g/mol. The maximum Gasteiger partial charge on any atom is 0.310 e. The lowest BCUT2D eigenvalue weighted by atomic mass is 9.98. The Bertz CT molecular complexity index is 678. The third kappa shape index (κ3) is 5.16. The summed E-state index contributed by atoms with van der Waals surface area (Å²) in [7, 11) is 1.41. The summed E-state index contributed by atoms with van der Waals surface area (Å²) < 4.78 is 10.0. The van der Waals surface area contributed by atoms with Gasteiger partial charge in [0.2, 0.25) is 5.91 Å². The predicted octanol–water partition coefficient (Wildman–Crippen LogP) is 1.82. The molecule has 1 aromatic carbocycles. The molecule has 0 aliphatic carbocycles. The number of hydrogen-bond donors (Lipinski definition) is 1. The van der Waals surface area contributed by atoms with Crippen molar-refractivity contribution < 1.29 is 24.0 Å². The van der Waals surface area contributed by atoms with Crippen molar-refractivity contribution >= 4 is 23.3 Å². The normalized spacial score (nSPS) is 17.4. The van der Waals surface area contributed by atoms with Crippen LogP contribution in [0.2, 0.25) is 0 Å². The highest BCUT2D eigenvalue weighted by molar-refractivity contribution is 5.94. The molecule has 26 heavy (non-hydrogen) atoms. The lowest BCUT2D eigenvalue weighted by molar-refractivity contribution is -0.384. The van der Waals surface area contributed by atoms with Gasteiger partial charge in [0.05, 0.1) is 37.2 Å². The molecule has 1 saturated heterocycles. The van der Waals surface area contributed by atoms with Gasteiger partial charge in [-0.3, -0.25) is 24.6 Å². The van der Waals surface area contributed by atoms with Gasteiger partial charge in [0.25, 0.3) is 5.69 Å². The lowest BCUT2D eigenvalue weighted by Gasteiger charge is -2.30. The molecule has 0 saturated carbocycles. The van der Waals surface area contributed by atoms with Crippen LogP contribution in [-0.2, 0) is 14.3 Å². The van der Waals surface area contributed by atoms with E-state index in [4.69, 9.17) is 9.47 Å². The maximum atomic E-state index is 12.3. The Hall–Kier alpha value is -2.68. The first-order valence-corrected chi connectivity index (χ1v) is 8.45. The van der Waals surface area contributed by atoms with Crippen LogP contribution in [0.25, 0.3) is 0 Å². The molecule has 0 bridgehead atoms. The Balaban J connectivity index is 1.98. The number of nitro benzene ring substituents is 1. The van der Waals surface area contributed by atoms with E-state index in [1.807, 2.05) is 4.90 Å². The first-order valence-electron chi connectivity index (χ1n) is 8.45. The molecule has 0 radical (unpaired) electrons. The number of benzene rings is 1. The first-order chi connectivity index (χ1) is 12.4. The Morgan fingerprint density at radius 2 is 2.19 bits per heavy atom. The number of hydrogen-bond acceptors (Lipinski definition) is 7. The number of ether oxygens (including phenoxy) is 2. The number of esters is 1. The fourth-order valence-electron chi connectivity index (χ4n) is 2.94. The van der Waals surface area contributed by atoms with Gasteiger partial charge in [-0.1, -0.05) is 0 Å². The molecule has 1 fully saturated rings. The largest absolute Gasteiger partial charge is 0.496 e. The number of amides is 1. The van der Waals surface area contributed by atoms with Gasteiger partial charge in [0.1, 0.15) is 11.4 Å². The van der Waals surface area contributed by atoms with Gasteiger partial charge in [-0.15, -0.1) is 0 Å². The minimum Gasteiger partial charge on any atom is -0.496 e. The van der Waals surface area contributed by atoms with Crippen LogP contribution >= 0.6 is 0 Å². The Morgan fingerprint density at radius 1 is 1.42 bits per heavy atom. The average molecular weight is 365 g/mol. The second-order valence-electron chi connectivity index (χ2n) is 6.01. The summed E-state index contributed by atoms with van der Waals surface area (Å²) in [5, 5.41) is 13.7. The molecule has 1 heterocycles. The van der Waals surface area contributed by atoms with E-state index in [9.17, 15) is 19.7 Å². The molecular weight excluding hydrogens is 342 g/mol. The van der Waals surface area contributed by atoms with Gasteiger partial charge >= 0.3 is 5.97 Å². The van der Waals surface area contributed by atoms with E-state index in [2.05, 4.69) is 5.32 Å². The second-order valence-corrected chi connectivity index (χ2v) is 6.01. The van der Waals surface area contributed by atoms with Crippen molar-refractivity contribution in [3.8, 4) is 5.75 Å². The molecular formula is C17H23N3O6. The number of nitro groups is 1. The van der Waals surface area contributed by atoms with Crippen LogP contribution in [0.5, 0.6) is 5.75 Å². The fourth-order valence-corrected chi connectivity index (χ4v) is 2.94. The van der Waals surface area contributed by atoms with Gasteiger partial charge in [0.15, 0.2) is 0 Å². The summed E-state index contributed by atoms with van der Waals surface area (Å²) in [6.07, 6.45) is 1.53. The van der Waals surface area contributed by atoms with Crippen LogP contribution in [0.4, 0.5) is 11.4 Å². The Kier molecular flexibility index (Phi) is 6.90. The van der Waals surface area contributed by atoms with E-state index in [1.54, 1.807) is 13.0 Å². The van der Waals surface area contributed by atoms with Crippen LogP contribution < -0.4 is 10.1 Å². The molecule has 1 aromatic rings. The predicted molar refractivity (Wildman–Crippen MR) is 94.1 cm³/mol. The highest BCUT2D eigenvalue weighted by atomic mass is 16.6. The smallest absolute Gasteiger partial charge is 0.310 e. The van der Waals surface area contributed by atoms with Crippen molar-refractivity contribution in [1.82, 2.24) is 4.90 Å².